The van der Waals surface area contributed by atoms with Crippen LogP contribution in [-0.4, -0.2) is 45.0 Å². The lowest BCUT2D eigenvalue weighted by Gasteiger charge is -2.14. The van der Waals surface area contributed by atoms with Gasteiger partial charge in [-0.1, -0.05) is 12.1 Å². The Morgan fingerprint density at radius 3 is 2.66 bits per heavy atom. The summed E-state index contributed by atoms with van der Waals surface area (Å²) in [5.41, 5.74) is 4.68. The number of ether oxygens (including phenoxy) is 1. The number of thiophene rings is 1. The highest BCUT2D eigenvalue weighted by atomic mass is 32.1. The summed E-state index contributed by atoms with van der Waals surface area (Å²) in [5, 5.41) is 10.9. The highest BCUT2D eigenvalue weighted by Crippen LogP contribution is 2.48. The Balaban J connectivity index is 0.000000298. The minimum Gasteiger partial charge on any atom is -0.493 e. The molecule has 3 aliphatic rings. The standard InChI is InChI=1S/C26H21F2N5O3S.C8H7FO/c1-12-20(25-32-31-13(2)36-25)21(22-23(30-12)17-4-3-9-33(17)26(22)35)18-7-8-19(37-18)24(34)29-11-14-5-6-15(27)16(28)10-14;9-7-2-1-6-3-4-10-8(6)5-7/h5-8,10,17H,3-4,9,11H2,1-2H3,(H,29,34);1-2,5H,3-4H2. The fourth-order valence-electron chi connectivity index (χ4n) is 6.18. The molecule has 240 valence electrons. The van der Waals surface area contributed by atoms with Gasteiger partial charge >= 0.3 is 0 Å². The van der Waals surface area contributed by atoms with E-state index in [0.717, 1.165) is 42.7 Å². The minimum absolute atomic E-state index is 0.0364. The number of benzene rings is 2. The van der Waals surface area contributed by atoms with Crippen LogP contribution in [0.15, 0.2) is 52.9 Å². The number of nitrogens with one attached hydrogen (secondary N) is 1. The molecule has 1 saturated heterocycles. The van der Waals surface area contributed by atoms with Crippen molar-refractivity contribution >= 4 is 23.2 Å². The molecule has 13 heteroatoms. The Hall–Kier alpha value is -5.04. The summed E-state index contributed by atoms with van der Waals surface area (Å²) < 4.78 is 50.1. The molecule has 0 spiro atoms. The molecule has 2 aromatic carbocycles. The van der Waals surface area contributed by atoms with E-state index >= 15 is 0 Å². The summed E-state index contributed by atoms with van der Waals surface area (Å²) in [6.07, 6.45) is 2.69. The van der Waals surface area contributed by atoms with E-state index in [0.29, 0.717) is 62.5 Å². The van der Waals surface area contributed by atoms with Gasteiger partial charge in [-0.25, -0.2) is 13.2 Å². The third-order valence-electron chi connectivity index (χ3n) is 8.36. The molecule has 0 bridgehead atoms. The van der Waals surface area contributed by atoms with Crippen LogP contribution in [0.25, 0.3) is 21.9 Å². The summed E-state index contributed by atoms with van der Waals surface area (Å²) in [5.74, 6) is -1.24. The number of nitrogens with zero attached hydrogens (tertiary/aromatic N) is 4. The Morgan fingerprint density at radius 2 is 1.87 bits per heavy atom. The molecule has 5 aromatic rings. The number of carbonyl (C=O) groups is 2. The first-order chi connectivity index (χ1) is 22.7. The van der Waals surface area contributed by atoms with E-state index in [4.69, 9.17) is 14.1 Å². The van der Waals surface area contributed by atoms with Gasteiger partial charge in [0.05, 0.1) is 40.0 Å². The van der Waals surface area contributed by atoms with Crippen LogP contribution in [0.2, 0.25) is 0 Å². The normalized spacial score (nSPS) is 15.9. The zero-order valence-electron chi connectivity index (χ0n) is 25.4. The molecule has 1 unspecified atom stereocenters. The van der Waals surface area contributed by atoms with Gasteiger partial charge in [0.1, 0.15) is 11.6 Å². The molecule has 1 fully saturated rings. The Morgan fingerprint density at radius 1 is 1.02 bits per heavy atom. The Labute approximate surface area is 271 Å². The fourth-order valence-corrected chi connectivity index (χ4v) is 7.16. The second kappa shape index (κ2) is 12.3. The van der Waals surface area contributed by atoms with Crippen LogP contribution in [-0.2, 0) is 13.0 Å². The van der Waals surface area contributed by atoms with Crippen molar-refractivity contribution in [1.82, 2.24) is 25.4 Å². The third-order valence-corrected chi connectivity index (χ3v) is 9.46. The van der Waals surface area contributed by atoms with Crippen molar-refractivity contribution in [2.45, 2.75) is 45.7 Å². The SMILES string of the molecule is Cc1nnc(-c2c(C)nc3c(c2-c2ccc(C(=O)NCc4ccc(F)c(F)c4)s2)C(=O)N2CCCC32)o1.Fc1ccc2c(c1)OCC2. The number of rotatable bonds is 5. The molecule has 1 atom stereocenters. The summed E-state index contributed by atoms with van der Waals surface area (Å²) >= 11 is 1.22. The summed E-state index contributed by atoms with van der Waals surface area (Å²) in [6, 6.07) is 11.6. The molecule has 9 nitrogen and oxygen atoms in total. The molecule has 0 radical (unpaired) electrons. The molecule has 2 amide bonds. The first kappa shape index (κ1) is 30.6. The van der Waals surface area contributed by atoms with E-state index in [1.165, 1.54) is 29.5 Å². The lowest BCUT2D eigenvalue weighted by atomic mass is 9.95. The van der Waals surface area contributed by atoms with Crippen molar-refractivity contribution in [1.29, 1.82) is 0 Å². The average molecular weight is 660 g/mol. The van der Waals surface area contributed by atoms with Gasteiger partial charge in [-0.2, -0.15) is 0 Å². The largest absolute Gasteiger partial charge is 0.493 e. The van der Waals surface area contributed by atoms with Crippen molar-refractivity contribution in [3.63, 3.8) is 0 Å². The Bertz CT molecular complexity index is 2040. The molecule has 0 saturated carbocycles. The number of hydrogen-bond donors (Lipinski definition) is 1. The molecule has 8 rings (SSSR count). The van der Waals surface area contributed by atoms with Crippen LogP contribution in [0.5, 0.6) is 5.75 Å². The van der Waals surface area contributed by atoms with Gasteiger partial charge in [0, 0.05) is 42.9 Å². The molecular weight excluding hydrogens is 631 g/mol. The zero-order chi connectivity index (χ0) is 32.8. The molecule has 6 heterocycles. The highest BCUT2D eigenvalue weighted by molar-refractivity contribution is 7.17. The second-order valence-corrected chi connectivity index (χ2v) is 12.5. The van der Waals surface area contributed by atoms with Gasteiger partial charge in [0.15, 0.2) is 11.6 Å². The highest BCUT2D eigenvalue weighted by Gasteiger charge is 2.44. The summed E-state index contributed by atoms with van der Waals surface area (Å²) in [7, 11) is 0. The van der Waals surface area contributed by atoms with Crippen LogP contribution >= 0.6 is 11.3 Å². The van der Waals surface area contributed by atoms with Crippen LogP contribution < -0.4 is 10.1 Å². The smallest absolute Gasteiger partial charge is 0.261 e. The predicted octanol–water partition coefficient (Wildman–Crippen LogP) is 6.74. The van der Waals surface area contributed by atoms with Gasteiger partial charge in [-0.15, -0.1) is 21.5 Å². The number of hydrogen-bond acceptors (Lipinski definition) is 8. The van der Waals surface area contributed by atoms with Crippen molar-refractivity contribution in [3.8, 4) is 27.6 Å². The number of fused-ring (bicyclic) bond motifs is 4. The first-order valence-electron chi connectivity index (χ1n) is 15.1. The first-order valence-corrected chi connectivity index (χ1v) is 15.9. The van der Waals surface area contributed by atoms with Crippen molar-refractivity contribution < 1.29 is 31.9 Å². The lowest BCUT2D eigenvalue weighted by Crippen LogP contribution is -2.22. The maximum Gasteiger partial charge on any atom is 0.261 e. The molecule has 47 heavy (non-hydrogen) atoms. The van der Waals surface area contributed by atoms with Crippen LogP contribution in [0.1, 0.15) is 67.3 Å². The van der Waals surface area contributed by atoms with Gasteiger partial charge in [-0.05, 0) is 61.2 Å². The quantitative estimate of drug-likeness (QED) is 0.223. The second-order valence-electron chi connectivity index (χ2n) is 11.4. The van der Waals surface area contributed by atoms with E-state index in [1.807, 2.05) is 11.8 Å². The number of carbonyl (C=O) groups excluding carboxylic acids is 2. The number of amides is 2. The molecule has 3 aromatic heterocycles. The van der Waals surface area contributed by atoms with Gasteiger partial charge < -0.3 is 19.4 Å². The molecule has 0 aliphatic carbocycles. The van der Waals surface area contributed by atoms with Crippen molar-refractivity contribution in [2.75, 3.05) is 13.2 Å². The van der Waals surface area contributed by atoms with E-state index in [9.17, 15) is 22.8 Å². The summed E-state index contributed by atoms with van der Waals surface area (Å²) in [6.45, 7) is 4.95. The van der Waals surface area contributed by atoms with E-state index < -0.39 is 11.6 Å². The van der Waals surface area contributed by atoms with Crippen molar-refractivity contribution in [2.24, 2.45) is 0 Å². The minimum atomic E-state index is -0.971. The lowest BCUT2D eigenvalue weighted by molar-refractivity contribution is 0.0776. The van der Waals surface area contributed by atoms with Gasteiger partial charge in [-0.3, -0.25) is 14.6 Å². The molecule has 3 aliphatic heterocycles. The van der Waals surface area contributed by atoms with E-state index in [1.54, 1.807) is 25.1 Å². The third kappa shape index (κ3) is 5.75. The maximum absolute atomic E-state index is 13.5. The van der Waals surface area contributed by atoms with Crippen LogP contribution in [0, 0.1) is 31.3 Å². The number of aromatic nitrogens is 3. The average Bonchev–Trinajstić information content (AvgIpc) is 3.89. The van der Waals surface area contributed by atoms with E-state index in [2.05, 4.69) is 15.5 Å². The maximum atomic E-state index is 13.5. The zero-order valence-corrected chi connectivity index (χ0v) is 26.2. The number of halogens is 3. The predicted molar refractivity (Wildman–Crippen MR) is 166 cm³/mol. The van der Waals surface area contributed by atoms with Gasteiger partial charge in [0.2, 0.25) is 11.8 Å². The van der Waals surface area contributed by atoms with Crippen molar-refractivity contribution in [3.05, 3.63) is 105 Å². The molecule has 1 N–H and O–H groups in total. The van der Waals surface area contributed by atoms with Crippen LogP contribution in [0.3, 0.4) is 0 Å². The molecular formula is C34H28F3N5O4S. The monoisotopic (exact) mass is 659 g/mol. The van der Waals surface area contributed by atoms with Gasteiger partial charge in [0.25, 0.3) is 11.8 Å². The number of aryl methyl sites for hydroxylation is 2. The van der Waals surface area contributed by atoms with Crippen LogP contribution in [0.4, 0.5) is 13.2 Å². The topological polar surface area (TPSA) is 110 Å². The van der Waals surface area contributed by atoms with E-state index in [-0.39, 0.29) is 36.1 Å². The Kier molecular flexibility index (Phi) is 8.00. The summed E-state index contributed by atoms with van der Waals surface area (Å²) in [4.78, 5) is 34.2. The number of pyridine rings is 1. The fraction of sp³-hybridized carbons (Fsp3) is 0.265.